The topological polar surface area (TPSA) is 58.2 Å². The first kappa shape index (κ1) is 9.77. The maximum atomic E-state index is 11.1. The number of nitrogens with one attached hydrogen (secondary N) is 2. The van der Waals surface area contributed by atoms with Crippen molar-refractivity contribution in [1.82, 2.24) is 10.6 Å². The van der Waals surface area contributed by atoms with Gasteiger partial charge < -0.3 is 10.6 Å². The van der Waals surface area contributed by atoms with E-state index in [1.165, 1.54) is 0 Å². The number of hydrogen-bond acceptors (Lipinski definition) is 2. The van der Waals surface area contributed by atoms with Crippen molar-refractivity contribution in [3.63, 3.8) is 0 Å². The average molecular weight is 182 g/mol. The summed E-state index contributed by atoms with van der Waals surface area (Å²) in [4.78, 5) is 22.0. The van der Waals surface area contributed by atoms with Crippen molar-refractivity contribution in [3.8, 4) is 0 Å². The van der Waals surface area contributed by atoms with Crippen molar-refractivity contribution in [1.29, 1.82) is 0 Å². The van der Waals surface area contributed by atoms with Gasteiger partial charge in [-0.2, -0.15) is 0 Å². The summed E-state index contributed by atoms with van der Waals surface area (Å²) < 4.78 is 0. The van der Waals surface area contributed by atoms with Gasteiger partial charge in [-0.05, 0) is 12.8 Å². The number of unbranched alkanes of at least 4 members (excludes halogenated alkanes) is 2. The highest BCUT2D eigenvalue weighted by molar-refractivity contribution is 6.02. The maximum Gasteiger partial charge on any atom is 0.267 e. The Balaban J connectivity index is 2.50. The molecule has 0 aromatic heterocycles. The maximum absolute atomic E-state index is 11.1. The second kappa shape index (κ2) is 4.64. The zero-order valence-electron chi connectivity index (χ0n) is 7.72. The largest absolute Gasteiger partial charge is 0.342 e. The number of carbonyl (C=O) groups is 2. The van der Waals surface area contributed by atoms with Gasteiger partial charge in [0.25, 0.3) is 5.91 Å². The lowest BCUT2D eigenvalue weighted by molar-refractivity contribution is -0.128. The molecule has 1 heterocycles. The second-order valence-corrected chi connectivity index (χ2v) is 2.99. The van der Waals surface area contributed by atoms with Gasteiger partial charge in [0.1, 0.15) is 5.70 Å². The van der Waals surface area contributed by atoms with Crippen LogP contribution in [0.15, 0.2) is 11.8 Å². The van der Waals surface area contributed by atoms with Gasteiger partial charge in [-0.3, -0.25) is 9.59 Å². The molecule has 0 aromatic rings. The highest BCUT2D eigenvalue weighted by atomic mass is 16.2. The first-order valence-corrected chi connectivity index (χ1v) is 4.52. The predicted octanol–water partition coefficient (Wildman–Crippen LogP) is 0.307. The minimum absolute atomic E-state index is 0.0873. The van der Waals surface area contributed by atoms with Crippen molar-refractivity contribution in [3.05, 3.63) is 11.8 Å². The quantitative estimate of drug-likeness (QED) is 0.487. The summed E-state index contributed by atoms with van der Waals surface area (Å²) in [6.07, 6.45) is 4.72. The van der Waals surface area contributed by atoms with E-state index in [0.717, 1.165) is 19.3 Å². The van der Waals surface area contributed by atoms with E-state index in [1.54, 1.807) is 6.08 Å². The van der Waals surface area contributed by atoms with E-state index in [9.17, 15) is 9.59 Å². The lowest BCUT2D eigenvalue weighted by Crippen LogP contribution is -2.47. The first-order valence-electron chi connectivity index (χ1n) is 4.52. The Hall–Kier alpha value is -1.32. The number of rotatable bonds is 3. The second-order valence-electron chi connectivity index (χ2n) is 2.99. The van der Waals surface area contributed by atoms with Crippen LogP contribution in [0.25, 0.3) is 0 Å². The lowest BCUT2D eigenvalue weighted by atomic mass is 10.2. The Morgan fingerprint density at radius 3 is 2.92 bits per heavy atom. The van der Waals surface area contributed by atoms with Crippen molar-refractivity contribution in [2.45, 2.75) is 26.2 Å². The molecule has 0 unspecified atom stereocenters. The van der Waals surface area contributed by atoms with Crippen LogP contribution in [0, 0.1) is 0 Å². The zero-order chi connectivity index (χ0) is 9.68. The molecule has 0 aliphatic carbocycles. The van der Waals surface area contributed by atoms with E-state index in [-0.39, 0.29) is 18.4 Å². The highest BCUT2D eigenvalue weighted by Gasteiger charge is 2.18. The fourth-order valence-electron chi connectivity index (χ4n) is 1.10. The molecule has 4 nitrogen and oxygen atoms in total. The summed E-state index contributed by atoms with van der Waals surface area (Å²) in [5.74, 6) is -0.335. The summed E-state index contributed by atoms with van der Waals surface area (Å²) in [5.41, 5.74) is 0.393. The molecular weight excluding hydrogens is 168 g/mol. The van der Waals surface area contributed by atoms with Crippen LogP contribution >= 0.6 is 0 Å². The number of amides is 2. The normalized spacial score (nSPS) is 19.9. The van der Waals surface area contributed by atoms with Gasteiger partial charge in [-0.15, -0.1) is 0 Å². The minimum atomic E-state index is -0.185. The number of carbonyl (C=O) groups excluding carboxylic acids is 2. The molecule has 13 heavy (non-hydrogen) atoms. The molecule has 0 saturated carbocycles. The number of allylic oxidation sites excluding steroid dienone is 1. The van der Waals surface area contributed by atoms with Crippen molar-refractivity contribution in [2.75, 3.05) is 6.54 Å². The van der Waals surface area contributed by atoms with Crippen LogP contribution < -0.4 is 10.6 Å². The van der Waals surface area contributed by atoms with E-state index < -0.39 is 0 Å². The van der Waals surface area contributed by atoms with Crippen LogP contribution in [-0.2, 0) is 9.59 Å². The molecule has 0 atom stereocenters. The van der Waals surface area contributed by atoms with Gasteiger partial charge in [0.15, 0.2) is 0 Å². The van der Waals surface area contributed by atoms with Crippen molar-refractivity contribution < 1.29 is 9.59 Å². The molecule has 0 bridgehead atoms. The Kier molecular flexibility index (Phi) is 3.49. The summed E-state index contributed by atoms with van der Waals surface area (Å²) in [5, 5.41) is 5.02. The molecule has 4 heteroatoms. The van der Waals surface area contributed by atoms with Gasteiger partial charge in [-0.25, -0.2) is 0 Å². The van der Waals surface area contributed by atoms with Crippen LogP contribution in [0.2, 0.25) is 0 Å². The average Bonchev–Trinajstić information content (AvgIpc) is 2.11. The zero-order valence-corrected chi connectivity index (χ0v) is 7.72. The molecule has 1 aliphatic rings. The minimum Gasteiger partial charge on any atom is -0.342 e. The first-order chi connectivity index (χ1) is 6.24. The van der Waals surface area contributed by atoms with E-state index >= 15 is 0 Å². The van der Waals surface area contributed by atoms with Gasteiger partial charge in [-0.1, -0.05) is 19.4 Å². The molecule has 0 aromatic carbocycles. The lowest BCUT2D eigenvalue weighted by Gasteiger charge is -2.15. The van der Waals surface area contributed by atoms with Crippen LogP contribution in [-0.4, -0.2) is 18.4 Å². The van der Waals surface area contributed by atoms with Crippen LogP contribution in [0.3, 0.4) is 0 Å². The molecule has 1 rings (SSSR count). The molecule has 2 N–H and O–H groups in total. The third-order valence-corrected chi connectivity index (χ3v) is 1.83. The Bertz CT molecular complexity index is 246. The summed E-state index contributed by atoms with van der Waals surface area (Å²) in [7, 11) is 0. The van der Waals surface area contributed by atoms with Crippen LogP contribution in [0.5, 0.6) is 0 Å². The fourth-order valence-corrected chi connectivity index (χ4v) is 1.10. The third kappa shape index (κ3) is 2.89. The van der Waals surface area contributed by atoms with Gasteiger partial charge in [0, 0.05) is 0 Å². The molecule has 1 aliphatic heterocycles. The van der Waals surface area contributed by atoms with E-state index in [2.05, 4.69) is 17.6 Å². The predicted molar refractivity (Wildman–Crippen MR) is 48.8 cm³/mol. The van der Waals surface area contributed by atoms with E-state index in [4.69, 9.17) is 0 Å². The SMILES string of the molecule is CCCC/C=C1\NC(=O)CNC1=O. The highest BCUT2D eigenvalue weighted by Crippen LogP contribution is 2.01. The Morgan fingerprint density at radius 1 is 1.46 bits per heavy atom. The molecule has 72 valence electrons. The monoisotopic (exact) mass is 182 g/mol. The van der Waals surface area contributed by atoms with Crippen LogP contribution in [0.1, 0.15) is 26.2 Å². The van der Waals surface area contributed by atoms with Crippen molar-refractivity contribution >= 4 is 11.8 Å². The summed E-state index contributed by atoms with van der Waals surface area (Å²) >= 11 is 0. The molecule has 0 radical (unpaired) electrons. The van der Waals surface area contributed by atoms with Gasteiger partial charge >= 0.3 is 0 Å². The number of hydrogen-bond donors (Lipinski definition) is 2. The molecule has 1 saturated heterocycles. The van der Waals surface area contributed by atoms with Crippen LogP contribution in [0.4, 0.5) is 0 Å². The van der Waals surface area contributed by atoms with E-state index in [0.29, 0.717) is 5.70 Å². The fraction of sp³-hybridized carbons (Fsp3) is 0.556. The summed E-state index contributed by atoms with van der Waals surface area (Å²) in [6, 6.07) is 0. The Labute approximate surface area is 77.4 Å². The molecular formula is C9H14N2O2. The standard InChI is InChI=1S/C9H14N2O2/c1-2-3-4-5-7-9(13)10-6-8(12)11-7/h5H,2-4,6H2,1H3,(H,10,13)(H,11,12)/b7-5-. The molecule has 0 spiro atoms. The van der Waals surface area contributed by atoms with Gasteiger partial charge in [0.05, 0.1) is 6.54 Å². The smallest absolute Gasteiger partial charge is 0.267 e. The third-order valence-electron chi connectivity index (χ3n) is 1.83. The summed E-state index contributed by atoms with van der Waals surface area (Å²) in [6.45, 7) is 2.17. The van der Waals surface area contributed by atoms with Crippen molar-refractivity contribution in [2.24, 2.45) is 0 Å². The van der Waals surface area contributed by atoms with E-state index in [1.807, 2.05) is 0 Å². The number of piperazine rings is 1. The molecule has 2 amide bonds. The molecule has 1 fully saturated rings. The van der Waals surface area contributed by atoms with Gasteiger partial charge in [0.2, 0.25) is 5.91 Å². The Morgan fingerprint density at radius 2 is 2.23 bits per heavy atom.